The Morgan fingerprint density at radius 1 is 1.15 bits per heavy atom. The summed E-state index contributed by atoms with van der Waals surface area (Å²) in [6.07, 6.45) is 2.13. The summed E-state index contributed by atoms with van der Waals surface area (Å²) >= 11 is 0. The van der Waals surface area contributed by atoms with Crippen molar-refractivity contribution < 1.29 is 28.7 Å². The summed E-state index contributed by atoms with van der Waals surface area (Å²) in [6, 6.07) is 5.25. The highest BCUT2D eigenvalue weighted by Gasteiger charge is 2.41. The van der Waals surface area contributed by atoms with Gasteiger partial charge in [-0.3, -0.25) is 14.5 Å². The van der Waals surface area contributed by atoms with Crippen LogP contribution >= 0.6 is 0 Å². The van der Waals surface area contributed by atoms with Gasteiger partial charge < -0.3 is 25.4 Å². The van der Waals surface area contributed by atoms with Gasteiger partial charge in [0.25, 0.3) is 0 Å². The van der Waals surface area contributed by atoms with Crippen molar-refractivity contribution in [1.82, 2.24) is 15.1 Å². The number of carbonyl (C=O) groups excluding carboxylic acids is 4. The molecule has 10 heteroatoms. The summed E-state index contributed by atoms with van der Waals surface area (Å²) in [5.41, 5.74) is 9.01. The largest absolute Gasteiger partial charge is 0.449 e. The van der Waals surface area contributed by atoms with Crippen molar-refractivity contribution >= 4 is 24.0 Å². The van der Waals surface area contributed by atoms with Crippen molar-refractivity contribution in [3.63, 3.8) is 0 Å². The number of rotatable bonds is 1. The summed E-state index contributed by atoms with van der Waals surface area (Å²) in [5, 5.41) is 2.43. The van der Waals surface area contributed by atoms with E-state index in [0.717, 1.165) is 31.2 Å². The molecule has 4 bridgehead atoms. The molecule has 3 heterocycles. The number of hydrogen-bond acceptors (Lipinski definition) is 6. The highest BCUT2D eigenvalue weighted by atomic mass is 16.6. The third kappa shape index (κ3) is 5.43. The predicted octanol–water partition coefficient (Wildman–Crippen LogP) is 1.68. The molecule has 0 unspecified atom stereocenters. The van der Waals surface area contributed by atoms with E-state index in [1.165, 1.54) is 16.0 Å². The van der Waals surface area contributed by atoms with Crippen LogP contribution < -0.4 is 11.1 Å². The minimum absolute atomic E-state index is 0.0397. The van der Waals surface area contributed by atoms with E-state index >= 15 is 0 Å². The van der Waals surface area contributed by atoms with Crippen LogP contribution in [0.5, 0.6) is 0 Å². The summed E-state index contributed by atoms with van der Waals surface area (Å²) in [6.45, 7) is 2.95. The Kier molecular flexibility index (Phi) is 7.23. The van der Waals surface area contributed by atoms with Crippen molar-refractivity contribution in [2.75, 3.05) is 19.7 Å². The number of hydrogen-bond donors (Lipinski definition) is 2. The topological polar surface area (TPSA) is 131 Å². The third-order valence-electron chi connectivity index (χ3n) is 6.79. The van der Waals surface area contributed by atoms with Gasteiger partial charge in [0.1, 0.15) is 18.7 Å². The second-order valence-corrected chi connectivity index (χ2v) is 9.42. The molecule has 1 fully saturated rings. The Morgan fingerprint density at radius 2 is 1.94 bits per heavy atom. The molecule has 184 valence electrons. The number of benzene rings is 1. The maximum absolute atomic E-state index is 12.9. The van der Waals surface area contributed by atoms with Gasteiger partial charge in [-0.2, -0.15) is 0 Å². The fraction of sp³-hybridized carbons (Fsp3) is 0.583. The quantitative estimate of drug-likeness (QED) is 0.639. The number of aryl methyl sites for hydroxylation is 1. The van der Waals surface area contributed by atoms with Crippen molar-refractivity contribution in [2.45, 2.75) is 64.3 Å². The molecule has 3 N–H and O–H groups in total. The highest BCUT2D eigenvalue weighted by molar-refractivity contribution is 5.89. The fourth-order valence-electron chi connectivity index (χ4n) is 4.91. The minimum Gasteiger partial charge on any atom is -0.449 e. The first-order valence-corrected chi connectivity index (χ1v) is 11.9. The van der Waals surface area contributed by atoms with Crippen LogP contribution in [0.2, 0.25) is 0 Å². The van der Waals surface area contributed by atoms with E-state index in [9.17, 15) is 19.2 Å². The maximum atomic E-state index is 12.9. The van der Waals surface area contributed by atoms with E-state index in [2.05, 4.69) is 11.4 Å². The molecule has 4 amide bonds. The molecule has 1 saturated heterocycles. The molecule has 4 rings (SSSR count). The average molecular weight is 473 g/mol. The van der Waals surface area contributed by atoms with Gasteiger partial charge in [-0.1, -0.05) is 31.5 Å². The lowest BCUT2D eigenvalue weighted by atomic mass is 9.97. The average Bonchev–Trinajstić information content (AvgIpc) is 3.43. The monoisotopic (exact) mass is 472 g/mol. The lowest BCUT2D eigenvalue weighted by Crippen LogP contribution is -2.47. The number of nitrogens with two attached hydrogens (primary N) is 1. The van der Waals surface area contributed by atoms with Gasteiger partial charge >= 0.3 is 12.2 Å². The minimum atomic E-state index is -0.903. The number of fused-ring (bicyclic) bond motifs is 3. The standard InChI is InChI=1S/C24H32N4O6/c1-15-5-2-3-6-16-7-4-8-17-11-27(13-19(16)17)24(32)34-18-9-20(22(25)30)28(12-18)21(29)10-26-23(31)33-14-15/h4,7-8,15,18,20H,2-3,5-6,9-14H2,1H3,(H2,25,30)(H,26,31)/t15-,18-,20+/m1/s1. The van der Waals surface area contributed by atoms with Crippen LogP contribution in [0, 0.1) is 5.92 Å². The maximum Gasteiger partial charge on any atom is 0.410 e. The van der Waals surface area contributed by atoms with Gasteiger partial charge in [0, 0.05) is 19.5 Å². The van der Waals surface area contributed by atoms with Crippen LogP contribution in [0.25, 0.3) is 0 Å². The Morgan fingerprint density at radius 3 is 2.74 bits per heavy atom. The molecule has 3 aliphatic heterocycles. The van der Waals surface area contributed by atoms with Gasteiger partial charge in [0.15, 0.2) is 0 Å². The van der Waals surface area contributed by atoms with Crippen LogP contribution in [0.4, 0.5) is 9.59 Å². The van der Waals surface area contributed by atoms with Crippen molar-refractivity contribution in [2.24, 2.45) is 11.7 Å². The van der Waals surface area contributed by atoms with Gasteiger partial charge in [-0.05, 0) is 41.9 Å². The van der Waals surface area contributed by atoms with Crippen molar-refractivity contribution in [3.05, 3.63) is 34.9 Å². The number of ether oxygens (including phenoxy) is 2. The molecular weight excluding hydrogens is 440 g/mol. The third-order valence-corrected chi connectivity index (χ3v) is 6.79. The highest BCUT2D eigenvalue weighted by Crippen LogP contribution is 2.29. The van der Waals surface area contributed by atoms with E-state index in [1.807, 2.05) is 19.1 Å². The molecule has 34 heavy (non-hydrogen) atoms. The molecule has 3 atom stereocenters. The first kappa shape index (κ1) is 23.8. The van der Waals surface area contributed by atoms with Crippen LogP contribution in [0.15, 0.2) is 18.2 Å². The van der Waals surface area contributed by atoms with Crippen LogP contribution in [-0.4, -0.2) is 65.6 Å². The van der Waals surface area contributed by atoms with Gasteiger partial charge in [0.05, 0.1) is 13.2 Å². The van der Waals surface area contributed by atoms with Crippen molar-refractivity contribution in [3.8, 4) is 0 Å². The fourth-order valence-corrected chi connectivity index (χ4v) is 4.91. The Hall–Kier alpha value is -3.30. The summed E-state index contributed by atoms with van der Waals surface area (Å²) in [7, 11) is 0. The number of nitrogens with one attached hydrogen (secondary N) is 1. The van der Waals surface area contributed by atoms with Gasteiger partial charge in [-0.25, -0.2) is 9.59 Å². The number of primary amides is 1. The first-order valence-electron chi connectivity index (χ1n) is 11.9. The van der Waals surface area contributed by atoms with Crippen molar-refractivity contribution in [1.29, 1.82) is 0 Å². The van der Waals surface area contributed by atoms with Crippen LogP contribution in [0.1, 0.15) is 49.3 Å². The number of amides is 4. The molecule has 0 aromatic heterocycles. The molecule has 1 aromatic carbocycles. The first-order chi connectivity index (χ1) is 16.3. The molecule has 10 nitrogen and oxygen atoms in total. The van der Waals surface area contributed by atoms with E-state index in [1.54, 1.807) is 4.90 Å². The zero-order valence-corrected chi connectivity index (χ0v) is 19.5. The van der Waals surface area contributed by atoms with E-state index in [4.69, 9.17) is 15.2 Å². The van der Waals surface area contributed by atoms with Crippen LogP contribution in [-0.2, 0) is 38.6 Å². The summed E-state index contributed by atoms with van der Waals surface area (Å²) in [5.74, 6) is -0.975. The molecule has 0 saturated carbocycles. The van der Waals surface area contributed by atoms with Crippen LogP contribution in [0.3, 0.4) is 0 Å². The van der Waals surface area contributed by atoms with E-state index in [-0.39, 0.29) is 32.0 Å². The number of nitrogens with zero attached hydrogens (tertiary/aromatic N) is 2. The molecule has 0 aliphatic carbocycles. The summed E-state index contributed by atoms with van der Waals surface area (Å²) < 4.78 is 10.9. The second kappa shape index (κ2) is 10.3. The molecule has 0 spiro atoms. The number of carbonyl (C=O) groups is 4. The lowest BCUT2D eigenvalue weighted by Gasteiger charge is -2.22. The lowest BCUT2D eigenvalue weighted by molar-refractivity contribution is -0.136. The number of alkyl carbamates (subject to hydrolysis) is 1. The van der Waals surface area contributed by atoms with Gasteiger partial charge in [0.2, 0.25) is 11.8 Å². The molecule has 3 aliphatic rings. The Bertz CT molecular complexity index is 967. The normalized spacial score (nSPS) is 26.5. The zero-order chi connectivity index (χ0) is 24.2. The smallest absolute Gasteiger partial charge is 0.410 e. The second-order valence-electron chi connectivity index (χ2n) is 9.42. The number of cyclic esters (lactones) is 1. The Balaban J connectivity index is 1.50. The van der Waals surface area contributed by atoms with E-state index < -0.39 is 36.1 Å². The zero-order valence-electron chi connectivity index (χ0n) is 19.5. The van der Waals surface area contributed by atoms with Gasteiger partial charge in [-0.15, -0.1) is 0 Å². The SMILES string of the molecule is C[C@@H]1CCCCc2cccc3c2CN(C3)C(=O)O[C@@H]2C[C@@H](C(N)=O)N(C2)C(=O)CNC(=O)OC1. The summed E-state index contributed by atoms with van der Waals surface area (Å²) in [4.78, 5) is 52.5. The molecule has 0 radical (unpaired) electrons. The predicted molar refractivity (Wildman–Crippen MR) is 121 cm³/mol. The van der Waals surface area contributed by atoms with E-state index in [0.29, 0.717) is 13.1 Å². The Labute approximate surface area is 198 Å². The molecular formula is C24H32N4O6. The molecule has 1 aromatic rings.